The van der Waals surface area contributed by atoms with Crippen molar-refractivity contribution in [2.45, 2.75) is 84.6 Å². The predicted molar refractivity (Wildman–Crippen MR) is 102 cm³/mol. The van der Waals surface area contributed by atoms with Crippen LogP contribution in [0.25, 0.3) is 0 Å². The normalized spacial score (nSPS) is 18.7. The summed E-state index contributed by atoms with van der Waals surface area (Å²) in [5, 5.41) is 8.96. The van der Waals surface area contributed by atoms with Gasteiger partial charge in [0.15, 0.2) is 0 Å². The Morgan fingerprint density at radius 2 is 1.80 bits per heavy atom. The molecule has 5 heteroatoms. The Balaban J connectivity index is 2.34. The number of carbonyl (C=O) groups is 2. The highest BCUT2D eigenvalue weighted by Gasteiger charge is 2.28. The molecule has 1 heterocycles. The number of carboxylic acids is 1. The largest absolute Gasteiger partial charge is 0.481 e. The van der Waals surface area contributed by atoms with Crippen molar-refractivity contribution in [1.29, 1.82) is 0 Å². The van der Waals surface area contributed by atoms with Gasteiger partial charge in [0.25, 0.3) is 0 Å². The molecule has 0 radical (unpaired) electrons. The maximum absolute atomic E-state index is 12.5. The van der Waals surface area contributed by atoms with E-state index in [1.807, 2.05) is 4.90 Å². The van der Waals surface area contributed by atoms with Crippen LogP contribution in [-0.2, 0) is 9.59 Å². The molecule has 0 aromatic rings. The summed E-state index contributed by atoms with van der Waals surface area (Å²) in [4.78, 5) is 27.7. The summed E-state index contributed by atoms with van der Waals surface area (Å²) in [6.07, 6.45) is 8.39. The number of hydrogen-bond acceptors (Lipinski definition) is 3. The summed E-state index contributed by atoms with van der Waals surface area (Å²) in [6.45, 7) is 9.99. The van der Waals surface area contributed by atoms with E-state index in [9.17, 15) is 9.59 Å². The molecule has 1 aliphatic rings. The van der Waals surface area contributed by atoms with Gasteiger partial charge in [-0.05, 0) is 31.7 Å². The second-order valence-electron chi connectivity index (χ2n) is 7.81. The lowest BCUT2D eigenvalue weighted by molar-refractivity contribution is -0.137. The Hall–Kier alpha value is -1.10. The summed E-state index contributed by atoms with van der Waals surface area (Å²) in [5.41, 5.74) is 0. The number of piperazine rings is 1. The molecule has 25 heavy (non-hydrogen) atoms. The van der Waals surface area contributed by atoms with Crippen LogP contribution in [0.5, 0.6) is 0 Å². The summed E-state index contributed by atoms with van der Waals surface area (Å²) in [6, 6.07) is 0.194. The van der Waals surface area contributed by atoms with Crippen molar-refractivity contribution < 1.29 is 14.7 Å². The van der Waals surface area contributed by atoms with Gasteiger partial charge in [0.05, 0.1) is 0 Å². The van der Waals surface area contributed by atoms with Crippen LogP contribution in [-0.4, -0.2) is 59.0 Å². The van der Waals surface area contributed by atoms with E-state index < -0.39 is 5.97 Å². The van der Waals surface area contributed by atoms with E-state index >= 15 is 0 Å². The first-order valence-corrected chi connectivity index (χ1v) is 10.2. The monoisotopic (exact) mass is 354 g/mol. The van der Waals surface area contributed by atoms with E-state index in [0.29, 0.717) is 19.4 Å². The minimum Gasteiger partial charge on any atom is -0.481 e. The number of carboxylic acid groups (broad SMARTS) is 1. The molecular weight excluding hydrogens is 316 g/mol. The Bertz CT molecular complexity index is 398. The van der Waals surface area contributed by atoms with Crippen LogP contribution in [0.2, 0.25) is 0 Å². The van der Waals surface area contributed by atoms with Gasteiger partial charge in [0.2, 0.25) is 5.91 Å². The third kappa shape index (κ3) is 9.24. The van der Waals surface area contributed by atoms with Crippen LogP contribution in [0.15, 0.2) is 0 Å². The fourth-order valence-electron chi connectivity index (χ4n) is 3.61. The molecule has 1 fully saturated rings. The molecule has 0 unspecified atom stereocenters. The van der Waals surface area contributed by atoms with Gasteiger partial charge in [-0.2, -0.15) is 0 Å². The number of hydrogen-bond donors (Lipinski definition) is 1. The maximum Gasteiger partial charge on any atom is 0.303 e. The van der Waals surface area contributed by atoms with Gasteiger partial charge in [-0.15, -0.1) is 0 Å². The zero-order valence-corrected chi connectivity index (χ0v) is 16.5. The molecule has 0 bridgehead atoms. The third-order valence-electron chi connectivity index (χ3n) is 5.08. The molecule has 0 spiro atoms. The smallest absolute Gasteiger partial charge is 0.303 e. The lowest BCUT2D eigenvalue weighted by atomic mass is 10.0. The van der Waals surface area contributed by atoms with Crippen LogP contribution < -0.4 is 0 Å². The second kappa shape index (κ2) is 12.3. The minimum absolute atomic E-state index is 0.183. The van der Waals surface area contributed by atoms with Crippen molar-refractivity contribution in [2.75, 3.05) is 26.2 Å². The van der Waals surface area contributed by atoms with Crippen molar-refractivity contribution in [3.05, 3.63) is 0 Å². The number of nitrogens with zero attached hydrogens (tertiary/aromatic N) is 2. The van der Waals surface area contributed by atoms with Crippen molar-refractivity contribution in [2.24, 2.45) is 5.92 Å². The van der Waals surface area contributed by atoms with Crippen LogP contribution in [0.4, 0.5) is 0 Å². The van der Waals surface area contributed by atoms with Gasteiger partial charge < -0.3 is 10.0 Å². The molecule has 1 aliphatic heterocycles. The molecule has 0 aromatic carbocycles. The average molecular weight is 355 g/mol. The molecule has 0 saturated carbocycles. The standard InChI is InChI=1S/C20H38N2O3/c1-4-13-21-14-15-22(16-18(21)11-12-20(24)25)19(23)10-8-6-5-7-9-17(2)3/h17-18H,4-16H2,1-3H3,(H,24,25)/t18-/m1/s1. The minimum atomic E-state index is -0.749. The maximum atomic E-state index is 12.5. The predicted octanol–water partition coefficient (Wildman–Crippen LogP) is 3.77. The van der Waals surface area contributed by atoms with Crippen LogP contribution in [0.3, 0.4) is 0 Å². The molecule has 0 aliphatic carbocycles. The fourth-order valence-corrected chi connectivity index (χ4v) is 3.61. The van der Waals surface area contributed by atoms with Crippen molar-refractivity contribution in [3.8, 4) is 0 Å². The van der Waals surface area contributed by atoms with Crippen LogP contribution in [0, 0.1) is 5.92 Å². The Morgan fingerprint density at radius 1 is 1.08 bits per heavy atom. The summed E-state index contributed by atoms with van der Waals surface area (Å²) < 4.78 is 0. The first kappa shape index (κ1) is 21.9. The zero-order chi connectivity index (χ0) is 18.7. The highest BCUT2D eigenvalue weighted by Crippen LogP contribution is 2.17. The number of rotatable bonds is 12. The average Bonchev–Trinajstić information content (AvgIpc) is 2.56. The summed E-state index contributed by atoms with van der Waals surface area (Å²) in [7, 11) is 0. The zero-order valence-electron chi connectivity index (χ0n) is 16.5. The molecule has 0 aromatic heterocycles. The SMILES string of the molecule is CCCN1CCN(C(=O)CCCCCCC(C)C)C[C@H]1CCC(=O)O. The summed E-state index contributed by atoms with van der Waals surface area (Å²) in [5.74, 6) is 0.269. The number of carbonyl (C=O) groups excluding carboxylic acids is 1. The summed E-state index contributed by atoms with van der Waals surface area (Å²) >= 11 is 0. The van der Waals surface area contributed by atoms with E-state index in [1.165, 1.54) is 19.3 Å². The van der Waals surface area contributed by atoms with Crippen LogP contribution >= 0.6 is 0 Å². The molecule has 1 atom stereocenters. The Morgan fingerprint density at radius 3 is 2.44 bits per heavy atom. The van der Waals surface area contributed by atoms with Crippen molar-refractivity contribution in [3.63, 3.8) is 0 Å². The molecular formula is C20H38N2O3. The Labute approximate surface area is 153 Å². The van der Waals surface area contributed by atoms with E-state index in [-0.39, 0.29) is 18.4 Å². The molecule has 1 N–H and O–H groups in total. The first-order valence-electron chi connectivity index (χ1n) is 10.2. The van der Waals surface area contributed by atoms with Gasteiger partial charge in [-0.1, -0.05) is 46.5 Å². The van der Waals surface area contributed by atoms with Gasteiger partial charge in [-0.3, -0.25) is 14.5 Å². The second-order valence-corrected chi connectivity index (χ2v) is 7.81. The van der Waals surface area contributed by atoms with Gasteiger partial charge >= 0.3 is 5.97 Å². The van der Waals surface area contributed by atoms with Crippen molar-refractivity contribution >= 4 is 11.9 Å². The first-order chi connectivity index (χ1) is 11.9. The Kier molecular flexibility index (Phi) is 10.8. The van der Waals surface area contributed by atoms with Crippen molar-refractivity contribution in [1.82, 2.24) is 9.80 Å². The lowest BCUT2D eigenvalue weighted by Crippen LogP contribution is -2.54. The van der Waals surface area contributed by atoms with E-state index in [4.69, 9.17) is 5.11 Å². The molecule has 146 valence electrons. The molecule has 1 rings (SSSR count). The number of unbranched alkanes of at least 4 members (excludes halogenated alkanes) is 3. The van der Waals surface area contributed by atoms with E-state index in [1.54, 1.807) is 0 Å². The number of aliphatic carboxylic acids is 1. The highest BCUT2D eigenvalue weighted by molar-refractivity contribution is 5.76. The molecule has 1 amide bonds. The van der Waals surface area contributed by atoms with Gasteiger partial charge in [-0.25, -0.2) is 0 Å². The topological polar surface area (TPSA) is 60.9 Å². The van der Waals surface area contributed by atoms with Crippen LogP contribution in [0.1, 0.15) is 78.6 Å². The van der Waals surface area contributed by atoms with E-state index in [0.717, 1.165) is 44.8 Å². The fraction of sp³-hybridized carbons (Fsp3) is 0.900. The molecule has 1 saturated heterocycles. The third-order valence-corrected chi connectivity index (χ3v) is 5.08. The quantitative estimate of drug-likeness (QED) is 0.542. The van der Waals surface area contributed by atoms with Gasteiger partial charge in [0.1, 0.15) is 0 Å². The highest BCUT2D eigenvalue weighted by atomic mass is 16.4. The number of amides is 1. The lowest BCUT2D eigenvalue weighted by Gasteiger charge is -2.41. The van der Waals surface area contributed by atoms with Gasteiger partial charge in [0, 0.05) is 38.5 Å². The molecule has 5 nitrogen and oxygen atoms in total. The van der Waals surface area contributed by atoms with E-state index in [2.05, 4.69) is 25.7 Å².